The summed E-state index contributed by atoms with van der Waals surface area (Å²) >= 11 is 0. The zero-order chi connectivity index (χ0) is 29.0. The molecule has 0 spiro atoms. The molecular weight excluding hydrogens is 554 g/mol. The smallest absolute Gasteiger partial charge is 0.339 e. The lowest BCUT2D eigenvalue weighted by Crippen LogP contribution is -2.65. The number of benzene rings is 1. The molecule has 42 heavy (non-hydrogen) atoms. The van der Waals surface area contributed by atoms with Gasteiger partial charge in [0.05, 0.1) is 0 Å². The van der Waals surface area contributed by atoms with E-state index >= 15 is 0 Å². The number of carbonyl (C=O) groups excluding carboxylic acids is 1. The van der Waals surface area contributed by atoms with E-state index in [-0.39, 0.29) is 34.4 Å². The Kier molecular flexibility index (Phi) is 5.41. The van der Waals surface area contributed by atoms with Crippen molar-refractivity contribution in [1.82, 2.24) is 20.3 Å². The first-order chi connectivity index (χ1) is 20.0. The van der Waals surface area contributed by atoms with Gasteiger partial charge in [-0.3, -0.25) is 4.79 Å². The van der Waals surface area contributed by atoms with Crippen LogP contribution < -0.4 is 4.90 Å². The molecule has 0 radical (unpaired) electrons. The number of nitrogens with zero attached hydrogens (tertiary/aromatic N) is 5. The van der Waals surface area contributed by atoms with Crippen LogP contribution in [0.15, 0.2) is 33.3 Å². The summed E-state index contributed by atoms with van der Waals surface area (Å²) in [6.07, 6.45) is 4.40. The molecule has 8 nitrogen and oxygen atoms in total. The number of alkyl halides is 4. The molecule has 0 atom stereocenters. The number of aromatic nitrogens is 4. The Bertz CT molecular complexity index is 1520. The summed E-state index contributed by atoms with van der Waals surface area (Å²) < 4.78 is 63.8. The number of amides is 1. The van der Waals surface area contributed by atoms with Crippen molar-refractivity contribution in [2.45, 2.75) is 100 Å². The maximum atomic E-state index is 14.3. The fourth-order valence-corrected chi connectivity index (χ4v) is 8.17. The van der Waals surface area contributed by atoms with Crippen LogP contribution >= 0.6 is 0 Å². The Balaban J connectivity index is 1.05. The summed E-state index contributed by atoms with van der Waals surface area (Å²) in [5.74, 6) is 0.310. The van der Waals surface area contributed by atoms with Crippen LogP contribution in [0.3, 0.4) is 0 Å². The summed E-state index contributed by atoms with van der Waals surface area (Å²) in [6.45, 7) is 0.486. The van der Waals surface area contributed by atoms with E-state index in [0.717, 1.165) is 63.1 Å². The molecule has 0 aliphatic heterocycles. The van der Waals surface area contributed by atoms with Crippen molar-refractivity contribution < 1.29 is 31.4 Å². The van der Waals surface area contributed by atoms with Crippen LogP contribution in [0.5, 0.6) is 0 Å². The molecule has 2 aromatic heterocycles. The molecule has 2 heterocycles. The molecule has 7 aliphatic carbocycles. The average Bonchev–Trinajstić information content (AvgIpc) is 3.43. The first kappa shape index (κ1) is 26.3. The molecule has 3 aromatic rings. The SMILES string of the molecule is O=C(CC12CC(F)(C1)C2)N(CC12CCC(c3nc(C4CC4)no3)(CC1)CC2)c1cccc(-c2noc(C(F)(F)F)n2)c1. The number of hydrogen-bond donors (Lipinski definition) is 0. The Morgan fingerprint density at radius 3 is 2.29 bits per heavy atom. The van der Waals surface area contributed by atoms with Crippen LogP contribution in [-0.2, 0) is 16.4 Å². The maximum Gasteiger partial charge on any atom is 0.471 e. The van der Waals surface area contributed by atoms with Gasteiger partial charge in [0.15, 0.2) is 5.82 Å². The van der Waals surface area contributed by atoms with Gasteiger partial charge in [0.2, 0.25) is 17.6 Å². The van der Waals surface area contributed by atoms with Gasteiger partial charge in [-0.1, -0.05) is 22.4 Å². The summed E-state index contributed by atoms with van der Waals surface area (Å²) in [7, 11) is 0. The van der Waals surface area contributed by atoms with E-state index in [2.05, 4.69) is 19.8 Å². The second kappa shape index (κ2) is 8.63. The first-order valence-electron chi connectivity index (χ1n) is 14.8. The Labute approximate surface area is 239 Å². The standard InChI is InChI=1S/C30H31F4N5O3/c31-29-14-27(15-29,16-29)13-21(40)39(20-3-1-2-19(12-20)23-36-25(42-38-23)30(32,33)34)17-26-6-9-28(10-7-26,11-8-26)24-35-22(37-41-24)18-4-5-18/h1-3,12,18H,4-11,13-17H2. The van der Waals surface area contributed by atoms with Crippen molar-refractivity contribution >= 4 is 11.6 Å². The Hall–Kier alpha value is -3.31. The van der Waals surface area contributed by atoms with Crippen molar-refractivity contribution in [1.29, 1.82) is 0 Å². The van der Waals surface area contributed by atoms with Gasteiger partial charge in [0.25, 0.3) is 0 Å². The number of hydrogen-bond acceptors (Lipinski definition) is 7. The van der Waals surface area contributed by atoms with E-state index in [9.17, 15) is 22.4 Å². The van der Waals surface area contributed by atoms with Crippen LogP contribution in [0, 0.1) is 10.8 Å². The van der Waals surface area contributed by atoms with Crippen molar-refractivity contribution in [2.75, 3.05) is 11.4 Å². The van der Waals surface area contributed by atoms with E-state index < -0.39 is 17.7 Å². The highest BCUT2D eigenvalue weighted by atomic mass is 19.4. The number of carbonyl (C=O) groups is 1. The minimum absolute atomic E-state index is 0.0826. The molecule has 0 unspecified atom stereocenters. The third-order valence-corrected chi connectivity index (χ3v) is 10.7. The maximum absolute atomic E-state index is 14.3. The van der Waals surface area contributed by atoms with Gasteiger partial charge in [0.1, 0.15) is 5.67 Å². The van der Waals surface area contributed by atoms with E-state index in [0.29, 0.717) is 43.0 Å². The molecule has 12 heteroatoms. The quantitative estimate of drug-likeness (QED) is 0.265. The topological polar surface area (TPSA) is 98.2 Å². The molecule has 0 saturated heterocycles. The molecule has 7 aliphatic rings. The van der Waals surface area contributed by atoms with Crippen molar-refractivity contribution in [3.05, 3.63) is 41.9 Å². The van der Waals surface area contributed by atoms with Crippen LogP contribution in [0.1, 0.15) is 101 Å². The minimum atomic E-state index is -4.75. The molecule has 0 N–H and O–H groups in total. The van der Waals surface area contributed by atoms with Crippen molar-refractivity contribution in [2.24, 2.45) is 10.8 Å². The molecule has 4 bridgehead atoms. The largest absolute Gasteiger partial charge is 0.471 e. The lowest BCUT2D eigenvalue weighted by atomic mass is 9.41. The zero-order valence-corrected chi connectivity index (χ0v) is 23.1. The first-order valence-corrected chi connectivity index (χ1v) is 14.8. The van der Waals surface area contributed by atoms with Gasteiger partial charge in [-0.05, 0) is 93.6 Å². The minimum Gasteiger partial charge on any atom is -0.339 e. The summed E-state index contributed by atoms with van der Waals surface area (Å²) in [5.41, 5.74) is -0.719. The Morgan fingerprint density at radius 2 is 1.67 bits per heavy atom. The lowest BCUT2D eigenvalue weighted by molar-refractivity contribution is -0.215. The van der Waals surface area contributed by atoms with Gasteiger partial charge in [-0.15, -0.1) is 0 Å². The zero-order valence-electron chi connectivity index (χ0n) is 23.1. The van der Waals surface area contributed by atoms with Gasteiger partial charge in [-0.2, -0.15) is 23.1 Å². The third kappa shape index (κ3) is 4.26. The van der Waals surface area contributed by atoms with Gasteiger partial charge >= 0.3 is 12.1 Å². The lowest BCUT2D eigenvalue weighted by Gasteiger charge is -2.66. The summed E-state index contributed by atoms with van der Waals surface area (Å²) in [5, 5.41) is 7.78. The van der Waals surface area contributed by atoms with E-state index in [1.807, 2.05) is 0 Å². The fraction of sp³-hybridized carbons (Fsp3) is 0.633. The predicted octanol–water partition coefficient (Wildman–Crippen LogP) is 6.92. The van der Waals surface area contributed by atoms with Gasteiger partial charge in [0, 0.05) is 35.5 Å². The van der Waals surface area contributed by atoms with Crippen molar-refractivity contribution in [3.63, 3.8) is 0 Å². The number of rotatable bonds is 8. The molecule has 222 valence electrons. The molecule has 1 aromatic carbocycles. The molecule has 10 rings (SSSR count). The highest BCUT2D eigenvalue weighted by molar-refractivity contribution is 5.94. The molecular formula is C30H31F4N5O3. The number of fused-ring (bicyclic) bond motifs is 3. The fourth-order valence-electron chi connectivity index (χ4n) is 8.17. The second-order valence-electron chi connectivity index (χ2n) is 13.8. The molecule has 7 fully saturated rings. The normalized spacial score (nSPS) is 33.2. The predicted molar refractivity (Wildman–Crippen MR) is 140 cm³/mol. The Morgan fingerprint density at radius 1 is 0.952 bits per heavy atom. The van der Waals surface area contributed by atoms with E-state index in [4.69, 9.17) is 9.51 Å². The van der Waals surface area contributed by atoms with Gasteiger partial charge < -0.3 is 13.9 Å². The molecule has 1 amide bonds. The van der Waals surface area contributed by atoms with Crippen molar-refractivity contribution in [3.8, 4) is 11.4 Å². The average molecular weight is 586 g/mol. The number of halogens is 4. The van der Waals surface area contributed by atoms with Crippen LogP contribution in [0.4, 0.5) is 23.2 Å². The monoisotopic (exact) mass is 585 g/mol. The van der Waals surface area contributed by atoms with Crippen LogP contribution in [0.2, 0.25) is 0 Å². The third-order valence-electron chi connectivity index (χ3n) is 10.7. The van der Waals surface area contributed by atoms with Gasteiger partial charge in [-0.25, -0.2) is 4.39 Å². The van der Waals surface area contributed by atoms with Crippen LogP contribution in [0.25, 0.3) is 11.4 Å². The van der Waals surface area contributed by atoms with Crippen LogP contribution in [-0.4, -0.2) is 38.4 Å². The number of anilines is 1. The highest BCUT2D eigenvalue weighted by Crippen LogP contribution is 2.71. The van der Waals surface area contributed by atoms with E-state index in [1.165, 1.54) is 0 Å². The summed E-state index contributed by atoms with van der Waals surface area (Å²) in [6, 6.07) is 6.71. The highest BCUT2D eigenvalue weighted by Gasteiger charge is 2.69. The second-order valence-corrected chi connectivity index (χ2v) is 13.8. The molecule has 7 saturated carbocycles. The van der Waals surface area contributed by atoms with E-state index in [1.54, 1.807) is 29.2 Å². The summed E-state index contributed by atoms with van der Waals surface area (Å²) in [4.78, 5) is 24.0.